The van der Waals surface area contributed by atoms with Crippen LogP contribution in [-0.2, 0) is 4.79 Å². The summed E-state index contributed by atoms with van der Waals surface area (Å²) in [6, 6.07) is 4.87. The number of carbonyl (C=O) groups excluding carboxylic acids is 1. The first-order chi connectivity index (χ1) is 8.09. The molecule has 1 unspecified atom stereocenters. The van der Waals surface area contributed by atoms with Crippen LogP contribution in [0.2, 0.25) is 0 Å². The number of rotatable bonds is 3. The zero-order chi connectivity index (χ0) is 12.4. The number of hydrogen-bond donors (Lipinski definition) is 2. The molecule has 0 bridgehead atoms. The summed E-state index contributed by atoms with van der Waals surface area (Å²) < 4.78 is 1.84. The maximum absolute atomic E-state index is 11.5. The van der Waals surface area contributed by atoms with Crippen molar-refractivity contribution in [3.8, 4) is 0 Å². The number of hydrogen-bond acceptors (Lipinski definition) is 4. The maximum atomic E-state index is 11.5. The second kappa shape index (κ2) is 4.50. The molecule has 90 valence electrons. The predicted molar refractivity (Wildman–Crippen MR) is 63.2 cm³/mol. The van der Waals surface area contributed by atoms with Crippen LogP contribution in [0, 0.1) is 0 Å². The summed E-state index contributed by atoms with van der Waals surface area (Å²) in [5.41, 5.74) is 6.25. The van der Waals surface area contributed by atoms with E-state index in [-0.39, 0.29) is 11.9 Å². The van der Waals surface area contributed by atoms with Gasteiger partial charge in [-0.3, -0.25) is 9.20 Å². The zero-order valence-corrected chi connectivity index (χ0v) is 9.79. The summed E-state index contributed by atoms with van der Waals surface area (Å²) in [4.78, 5) is 11.5. The Morgan fingerprint density at radius 1 is 1.41 bits per heavy atom. The van der Waals surface area contributed by atoms with E-state index >= 15 is 0 Å². The Hall–Kier alpha value is -1.95. The number of aromatic nitrogens is 3. The summed E-state index contributed by atoms with van der Waals surface area (Å²) >= 11 is 0. The maximum Gasteiger partial charge on any atom is 0.237 e. The molecule has 17 heavy (non-hydrogen) atoms. The van der Waals surface area contributed by atoms with Crippen LogP contribution in [0.4, 0.5) is 0 Å². The van der Waals surface area contributed by atoms with Gasteiger partial charge in [-0.05, 0) is 26.0 Å². The molecule has 2 rings (SSSR count). The van der Waals surface area contributed by atoms with Gasteiger partial charge in [0.05, 0.1) is 12.1 Å². The SMILES string of the molecule is CC(NC(=O)[C@@H](C)N)c1nnc2ccccn12. The summed E-state index contributed by atoms with van der Waals surface area (Å²) in [7, 11) is 0. The fourth-order valence-corrected chi connectivity index (χ4v) is 1.56. The molecule has 0 aliphatic rings. The number of nitrogens with two attached hydrogens (primary N) is 1. The van der Waals surface area contributed by atoms with E-state index in [1.54, 1.807) is 6.92 Å². The molecular weight excluding hydrogens is 218 g/mol. The van der Waals surface area contributed by atoms with Crippen molar-refractivity contribution in [3.05, 3.63) is 30.2 Å². The molecule has 6 nitrogen and oxygen atoms in total. The molecule has 6 heteroatoms. The van der Waals surface area contributed by atoms with E-state index in [0.717, 1.165) is 5.65 Å². The zero-order valence-electron chi connectivity index (χ0n) is 9.79. The van der Waals surface area contributed by atoms with Crippen molar-refractivity contribution < 1.29 is 4.79 Å². The highest BCUT2D eigenvalue weighted by molar-refractivity contribution is 5.81. The number of nitrogens with zero attached hydrogens (tertiary/aromatic N) is 3. The Balaban J connectivity index is 2.25. The van der Waals surface area contributed by atoms with E-state index in [1.165, 1.54) is 0 Å². The number of carbonyl (C=O) groups is 1. The molecule has 2 aromatic heterocycles. The van der Waals surface area contributed by atoms with Crippen molar-refractivity contribution in [3.63, 3.8) is 0 Å². The second-order valence-electron chi connectivity index (χ2n) is 4.01. The lowest BCUT2D eigenvalue weighted by Crippen LogP contribution is -2.39. The topological polar surface area (TPSA) is 85.3 Å². The van der Waals surface area contributed by atoms with Gasteiger partial charge in [-0.1, -0.05) is 6.07 Å². The Morgan fingerprint density at radius 3 is 2.88 bits per heavy atom. The van der Waals surface area contributed by atoms with E-state index in [0.29, 0.717) is 5.82 Å². The van der Waals surface area contributed by atoms with Crippen molar-refractivity contribution in [2.75, 3.05) is 0 Å². The van der Waals surface area contributed by atoms with Crippen LogP contribution < -0.4 is 11.1 Å². The summed E-state index contributed by atoms with van der Waals surface area (Å²) in [6.45, 7) is 3.49. The van der Waals surface area contributed by atoms with Gasteiger partial charge in [0, 0.05) is 6.20 Å². The Labute approximate surface area is 98.8 Å². The first kappa shape index (κ1) is 11.5. The lowest BCUT2D eigenvalue weighted by Gasteiger charge is -2.13. The van der Waals surface area contributed by atoms with Gasteiger partial charge in [-0.15, -0.1) is 10.2 Å². The van der Waals surface area contributed by atoms with Crippen LogP contribution in [0.3, 0.4) is 0 Å². The van der Waals surface area contributed by atoms with Crippen LogP contribution in [0.1, 0.15) is 25.7 Å². The molecule has 2 heterocycles. The molecule has 0 spiro atoms. The quantitative estimate of drug-likeness (QED) is 0.796. The third-order valence-corrected chi connectivity index (χ3v) is 2.50. The highest BCUT2D eigenvalue weighted by Crippen LogP contribution is 2.11. The van der Waals surface area contributed by atoms with Crippen molar-refractivity contribution >= 4 is 11.6 Å². The minimum absolute atomic E-state index is 0.204. The first-order valence-corrected chi connectivity index (χ1v) is 5.45. The van der Waals surface area contributed by atoms with Crippen molar-refractivity contribution in [1.29, 1.82) is 0 Å². The van der Waals surface area contributed by atoms with Crippen molar-refractivity contribution in [2.45, 2.75) is 25.9 Å². The van der Waals surface area contributed by atoms with Gasteiger partial charge >= 0.3 is 0 Å². The summed E-state index contributed by atoms with van der Waals surface area (Å²) in [6.07, 6.45) is 1.86. The van der Waals surface area contributed by atoms with Crippen LogP contribution >= 0.6 is 0 Å². The lowest BCUT2D eigenvalue weighted by molar-refractivity contribution is -0.122. The predicted octanol–water partition coefficient (Wildman–Crippen LogP) is 0.254. The standard InChI is InChI=1S/C11H15N5O/c1-7(12)11(17)13-8(2)10-15-14-9-5-3-4-6-16(9)10/h3-8H,12H2,1-2H3,(H,13,17)/t7-,8?/m1/s1. The molecule has 0 aliphatic carbocycles. The Morgan fingerprint density at radius 2 is 2.18 bits per heavy atom. The second-order valence-corrected chi connectivity index (χ2v) is 4.01. The van der Waals surface area contributed by atoms with Gasteiger partial charge in [0.15, 0.2) is 11.5 Å². The average Bonchev–Trinajstić information content (AvgIpc) is 2.72. The van der Waals surface area contributed by atoms with Crippen LogP contribution in [-0.4, -0.2) is 26.5 Å². The minimum atomic E-state index is -0.531. The molecule has 1 amide bonds. The first-order valence-electron chi connectivity index (χ1n) is 5.45. The molecule has 3 N–H and O–H groups in total. The normalized spacial score (nSPS) is 14.5. The van der Waals surface area contributed by atoms with Crippen molar-refractivity contribution in [2.24, 2.45) is 5.73 Å². The van der Waals surface area contributed by atoms with Crippen molar-refractivity contribution in [1.82, 2.24) is 19.9 Å². The summed E-state index contributed by atoms with van der Waals surface area (Å²) in [5, 5.41) is 10.9. The average molecular weight is 233 g/mol. The van der Waals surface area contributed by atoms with Crippen LogP contribution in [0.25, 0.3) is 5.65 Å². The van der Waals surface area contributed by atoms with E-state index in [1.807, 2.05) is 35.7 Å². The number of nitrogens with one attached hydrogen (secondary N) is 1. The fourth-order valence-electron chi connectivity index (χ4n) is 1.56. The molecular formula is C11H15N5O. The third kappa shape index (κ3) is 2.26. The van der Waals surface area contributed by atoms with Gasteiger partial charge in [0.1, 0.15) is 0 Å². The number of fused-ring (bicyclic) bond motifs is 1. The minimum Gasteiger partial charge on any atom is -0.345 e. The fraction of sp³-hybridized carbons (Fsp3) is 0.364. The van der Waals surface area contributed by atoms with E-state index < -0.39 is 6.04 Å². The molecule has 0 aliphatic heterocycles. The number of pyridine rings is 1. The molecule has 0 fully saturated rings. The van der Waals surface area contributed by atoms with Crippen LogP contribution in [0.15, 0.2) is 24.4 Å². The smallest absolute Gasteiger partial charge is 0.237 e. The van der Waals surface area contributed by atoms with E-state index in [4.69, 9.17) is 5.73 Å². The van der Waals surface area contributed by atoms with Gasteiger partial charge < -0.3 is 11.1 Å². The van der Waals surface area contributed by atoms with Gasteiger partial charge in [-0.25, -0.2) is 0 Å². The van der Waals surface area contributed by atoms with Gasteiger partial charge in [-0.2, -0.15) is 0 Å². The van der Waals surface area contributed by atoms with E-state index in [9.17, 15) is 4.79 Å². The summed E-state index contributed by atoms with van der Waals surface area (Å²) in [5.74, 6) is 0.486. The molecule has 2 atom stereocenters. The molecule has 0 saturated carbocycles. The van der Waals surface area contributed by atoms with E-state index in [2.05, 4.69) is 15.5 Å². The third-order valence-electron chi connectivity index (χ3n) is 2.50. The molecule has 0 aromatic carbocycles. The Kier molecular flexibility index (Phi) is 3.06. The lowest BCUT2D eigenvalue weighted by atomic mass is 10.2. The van der Waals surface area contributed by atoms with Gasteiger partial charge in [0.2, 0.25) is 5.91 Å². The number of amides is 1. The molecule has 0 radical (unpaired) electrons. The molecule has 2 aromatic rings. The Bertz CT molecular complexity index is 533. The van der Waals surface area contributed by atoms with Crippen LogP contribution in [0.5, 0.6) is 0 Å². The largest absolute Gasteiger partial charge is 0.345 e. The monoisotopic (exact) mass is 233 g/mol. The van der Waals surface area contributed by atoms with Gasteiger partial charge in [0.25, 0.3) is 0 Å². The molecule has 0 saturated heterocycles. The highest BCUT2D eigenvalue weighted by Gasteiger charge is 2.17. The highest BCUT2D eigenvalue weighted by atomic mass is 16.2.